The summed E-state index contributed by atoms with van der Waals surface area (Å²) in [6, 6.07) is -0.336. The fourth-order valence-corrected chi connectivity index (χ4v) is 1.55. The Hall–Kier alpha value is -1.30. The van der Waals surface area contributed by atoms with Crippen LogP contribution in [-0.2, 0) is 14.3 Å². The molecule has 0 aliphatic rings. The second-order valence-electron chi connectivity index (χ2n) is 5.61. The summed E-state index contributed by atoms with van der Waals surface area (Å²) in [7, 11) is 1.36. The maximum Gasteiger partial charge on any atom is 0.410 e. The Kier molecular flexibility index (Phi) is 8.22. The second kappa shape index (κ2) is 8.79. The predicted molar refractivity (Wildman–Crippen MR) is 77.6 cm³/mol. The van der Waals surface area contributed by atoms with Crippen molar-refractivity contribution in [3.05, 3.63) is 0 Å². The van der Waals surface area contributed by atoms with E-state index in [4.69, 9.17) is 4.74 Å². The Balaban J connectivity index is 4.02. The summed E-state index contributed by atoms with van der Waals surface area (Å²) in [5, 5.41) is 3.05. The maximum atomic E-state index is 11.9. The molecule has 0 bridgehead atoms. The summed E-state index contributed by atoms with van der Waals surface area (Å²) in [6.07, 6.45) is 0.440. The highest BCUT2D eigenvalue weighted by molar-refractivity contribution is 5.75. The summed E-state index contributed by atoms with van der Waals surface area (Å²) >= 11 is 0. The van der Waals surface area contributed by atoms with E-state index in [1.165, 1.54) is 7.11 Å². The van der Waals surface area contributed by atoms with Crippen molar-refractivity contribution in [1.29, 1.82) is 0 Å². The van der Waals surface area contributed by atoms with Crippen molar-refractivity contribution in [1.82, 2.24) is 10.2 Å². The molecule has 1 amide bonds. The van der Waals surface area contributed by atoms with Crippen LogP contribution < -0.4 is 5.32 Å². The average Bonchev–Trinajstić information content (AvgIpc) is 2.35. The number of hydrogen-bond acceptors (Lipinski definition) is 5. The zero-order valence-corrected chi connectivity index (χ0v) is 13.5. The van der Waals surface area contributed by atoms with E-state index >= 15 is 0 Å². The fourth-order valence-electron chi connectivity index (χ4n) is 1.55. The van der Waals surface area contributed by atoms with Crippen molar-refractivity contribution in [2.45, 2.75) is 52.7 Å². The largest absolute Gasteiger partial charge is 0.468 e. The molecule has 0 radical (unpaired) electrons. The standard InChI is InChI=1S/C14H28N2O4/c1-7-16(13(18)20-14(3,4)5)10-8-9-15-11(2)12(17)19-6/h11,15H,7-10H2,1-6H3. The summed E-state index contributed by atoms with van der Waals surface area (Å²) in [5.41, 5.74) is -0.484. The lowest BCUT2D eigenvalue weighted by Crippen LogP contribution is -2.39. The van der Waals surface area contributed by atoms with E-state index in [-0.39, 0.29) is 18.1 Å². The van der Waals surface area contributed by atoms with Gasteiger partial charge in [0.2, 0.25) is 0 Å². The third-order valence-electron chi connectivity index (χ3n) is 2.64. The molecule has 6 heteroatoms. The number of methoxy groups -OCH3 is 1. The highest BCUT2D eigenvalue weighted by atomic mass is 16.6. The number of amides is 1. The molecule has 1 atom stereocenters. The molecule has 0 aromatic heterocycles. The van der Waals surface area contributed by atoms with E-state index in [2.05, 4.69) is 10.1 Å². The quantitative estimate of drug-likeness (QED) is 0.571. The number of carbonyl (C=O) groups is 2. The van der Waals surface area contributed by atoms with Gasteiger partial charge in [-0.1, -0.05) is 0 Å². The van der Waals surface area contributed by atoms with Crippen LogP contribution in [0.4, 0.5) is 4.79 Å². The first-order chi connectivity index (χ1) is 9.21. The lowest BCUT2D eigenvalue weighted by atomic mass is 10.2. The van der Waals surface area contributed by atoms with Gasteiger partial charge in [-0.15, -0.1) is 0 Å². The van der Waals surface area contributed by atoms with Crippen LogP contribution in [0.15, 0.2) is 0 Å². The van der Waals surface area contributed by atoms with Crippen LogP contribution in [-0.4, -0.2) is 55.3 Å². The molecule has 1 unspecified atom stereocenters. The molecule has 1 N–H and O–H groups in total. The Morgan fingerprint density at radius 2 is 1.90 bits per heavy atom. The zero-order chi connectivity index (χ0) is 15.8. The van der Waals surface area contributed by atoms with Gasteiger partial charge in [0.1, 0.15) is 11.6 Å². The molecule has 0 saturated heterocycles. The number of hydrogen-bond donors (Lipinski definition) is 1. The van der Waals surface area contributed by atoms with Gasteiger partial charge in [-0.3, -0.25) is 4.79 Å². The highest BCUT2D eigenvalue weighted by Crippen LogP contribution is 2.09. The van der Waals surface area contributed by atoms with E-state index in [1.807, 2.05) is 27.7 Å². The molecule has 0 aromatic rings. The van der Waals surface area contributed by atoms with Crippen LogP contribution in [0.2, 0.25) is 0 Å². The van der Waals surface area contributed by atoms with Crippen LogP contribution in [0.1, 0.15) is 41.0 Å². The third kappa shape index (κ3) is 7.99. The number of esters is 1. The van der Waals surface area contributed by atoms with Crippen LogP contribution in [0.25, 0.3) is 0 Å². The highest BCUT2D eigenvalue weighted by Gasteiger charge is 2.20. The Morgan fingerprint density at radius 3 is 2.35 bits per heavy atom. The van der Waals surface area contributed by atoms with Crippen molar-refractivity contribution in [3.63, 3.8) is 0 Å². The van der Waals surface area contributed by atoms with Gasteiger partial charge in [-0.2, -0.15) is 0 Å². The minimum absolute atomic E-state index is 0.288. The molecule has 20 heavy (non-hydrogen) atoms. The molecule has 0 heterocycles. The summed E-state index contributed by atoms with van der Waals surface area (Å²) < 4.78 is 9.94. The SMILES string of the molecule is CCN(CCCNC(C)C(=O)OC)C(=O)OC(C)(C)C. The Morgan fingerprint density at radius 1 is 1.30 bits per heavy atom. The molecular formula is C14H28N2O4. The topological polar surface area (TPSA) is 67.9 Å². The van der Waals surface area contributed by atoms with Gasteiger partial charge in [0.25, 0.3) is 0 Å². The molecule has 118 valence electrons. The Labute approximate surface area is 121 Å². The zero-order valence-electron chi connectivity index (χ0n) is 13.5. The first-order valence-corrected chi connectivity index (χ1v) is 7.00. The van der Waals surface area contributed by atoms with Crippen molar-refractivity contribution in [2.75, 3.05) is 26.7 Å². The Bertz CT molecular complexity index is 313. The van der Waals surface area contributed by atoms with Gasteiger partial charge in [-0.05, 0) is 47.6 Å². The normalized spacial score (nSPS) is 12.7. The lowest BCUT2D eigenvalue weighted by Gasteiger charge is -2.26. The van der Waals surface area contributed by atoms with E-state index < -0.39 is 5.60 Å². The summed E-state index contributed by atoms with van der Waals surface area (Å²) in [4.78, 5) is 24.7. The fraction of sp³-hybridized carbons (Fsp3) is 0.857. The van der Waals surface area contributed by atoms with Gasteiger partial charge >= 0.3 is 12.1 Å². The van der Waals surface area contributed by atoms with Gasteiger partial charge in [0.15, 0.2) is 0 Å². The van der Waals surface area contributed by atoms with Gasteiger partial charge in [0.05, 0.1) is 7.11 Å². The maximum absolute atomic E-state index is 11.9. The lowest BCUT2D eigenvalue weighted by molar-refractivity contribution is -0.142. The van der Waals surface area contributed by atoms with Gasteiger partial charge < -0.3 is 19.7 Å². The molecule has 6 nitrogen and oxygen atoms in total. The van der Waals surface area contributed by atoms with E-state index in [0.29, 0.717) is 19.6 Å². The van der Waals surface area contributed by atoms with Crippen molar-refractivity contribution in [2.24, 2.45) is 0 Å². The number of nitrogens with zero attached hydrogens (tertiary/aromatic N) is 1. The van der Waals surface area contributed by atoms with Crippen LogP contribution in [0, 0.1) is 0 Å². The first kappa shape index (κ1) is 18.7. The minimum Gasteiger partial charge on any atom is -0.468 e. The smallest absolute Gasteiger partial charge is 0.410 e. The number of nitrogens with one attached hydrogen (secondary N) is 1. The van der Waals surface area contributed by atoms with Gasteiger partial charge in [-0.25, -0.2) is 4.79 Å². The average molecular weight is 288 g/mol. The molecule has 0 fully saturated rings. The van der Waals surface area contributed by atoms with Crippen molar-refractivity contribution >= 4 is 12.1 Å². The van der Waals surface area contributed by atoms with Gasteiger partial charge in [0, 0.05) is 13.1 Å². The summed E-state index contributed by atoms with van der Waals surface area (Å²) in [6.45, 7) is 11.0. The first-order valence-electron chi connectivity index (χ1n) is 7.00. The predicted octanol–water partition coefficient (Wildman–Crippen LogP) is 1.78. The van der Waals surface area contributed by atoms with Crippen LogP contribution in [0.5, 0.6) is 0 Å². The molecule has 0 aliphatic heterocycles. The van der Waals surface area contributed by atoms with Crippen LogP contribution >= 0.6 is 0 Å². The molecule has 0 rings (SSSR count). The number of carbonyl (C=O) groups excluding carboxylic acids is 2. The third-order valence-corrected chi connectivity index (χ3v) is 2.64. The molecule has 0 saturated carbocycles. The second-order valence-corrected chi connectivity index (χ2v) is 5.61. The van der Waals surface area contributed by atoms with Crippen molar-refractivity contribution in [3.8, 4) is 0 Å². The van der Waals surface area contributed by atoms with E-state index in [0.717, 1.165) is 6.42 Å². The molecule has 0 aliphatic carbocycles. The molecule has 0 aromatic carbocycles. The minimum atomic E-state index is -0.484. The monoisotopic (exact) mass is 288 g/mol. The number of rotatable bonds is 7. The van der Waals surface area contributed by atoms with E-state index in [1.54, 1.807) is 11.8 Å². The summed E-state index contributed by atoms with van der Waals surface area (Å²) in [5.74, 6) is -0.288. The van der Waals surface area contributed by atoms with Crippen LogP contribution in [0.3, 0.4) is 0 Å². The van der Waals surface area contributed by atoms with E-state index in [9.17, 15) is 9.59 Å². The molecule has 0 spiro atoms. The number of ether oxygens (including phenoxy) is 2. The van der Waals surface area contributed by atoms with Crippen molar-refractivity contribution < 1.29 is 19.1 Å². The molecular weight excluding hydrogens is 260 g/mol.